The maximum Gasteiger partial charge on any atom is 0.137 e. The standard InChI is InChI=1S/C9H12BrNOS/c1-2-13-6-5-12-8-3-4-9(10)11-7-8/h3-4,7H,2,5-6H2,1H3. The molecule has 0 aromatic carbocycles. The largest absolute Gasteiger partial charge is 0.491 e. The highest BCUT2D eigenvalue weighted by Gasteiger charge is 1.93. The molecule has 0 unspecified atom stereocenters. The van der Waals surface area contributed by atoms with Gasteiger partial charge in [-0.25, -0.2) is 4.98 Å². The number of nitrogens with zero attached hydrogens (tertiary/aromatic N) is 1. The summed E-state index contributed by atoms with van der Waals surface area (Å²) in [6.45, 7) is 2.90. The fourth-order valence-electron chi connectivity index (χ4n) is 0.810. The molecular weight excluding hydrogens is 250 g/mol. The van der Waals surface area contributed by atoms with E-state index in [0.717, 1.165) is 28.5 Å². The SMILES string of the molecule is CCSCCOc1ccc(Br)nc1. The highest BCUT2D eigenvalue weighted by Crippen LogP contribution is 2.12. The lowest BCUT2D eigenvalue weighted by Gasteiger charge is -2.04. The normalized spacial score (nSPS) is 10.0. The van der Waals surface area contributed by atoms with Gasteiger partial charge in [-0.2, -0.15) is 11.8 Å². The fraction of sp³-hybridized carbons (Fsp3) is 0.444. The van der Waals surface area contributed by atoms with Gasteiger partial charge in [-0.05, 0) is 33.8 Å². The molecule has 0 saturated carbocycles. The lowest BCUT2D eigenvalue weighted by molar-refractivity contribution is 0.342. The van der Waals surface area contributed by atoms with E-state index in [2.05, 4.69) is 27.8 Å². The van der Waals surface area contributed by atoms with Crippen molar-refractivity contribution in [3.63, 3.8) is 0 Å². The number of ether oxygens (including phenoxy) is 1. The molecule has 4 heteroatoms. The number of hydrogen-bond donors (Lipinski definition) is 0. The first-order valence-electron chi connectivity index (χ1n) is 4.15. The maximum atomic E-state index is 5.46. The summed E-state index contributed by atoms with van der Waals surface area (Å²) in [4.78, 5) is 4.06. The molecule has 0 amide bonds. The molecule has 1 rings (SSSR count). The fourth-order valence-corrected chi connectivity index (χ4v) is 1.53. The van der Waals surface area contributed by atoms with Crippen molar-refractivity contribution in [1.29, 1.82) is 0 Å². The van der Waals surface area contributed by atoms with Crippen molar-refractivity contribution in [1.82, 2.24) is 4.98 Å². The Hall–Kier alpha value is -0.220. The van der Waals surface area contributed by atoms with Gasteiger partial charge in [0.25, 0.3) is 0 Å². The lowest BCUT2D eigenvalue weighted by Crippen LogP contribution is -2.00. The van der Waals surface area contributed by atoms with E-state index in [4.69, 9.17) is 4.74 Å². The molecule has 1 aromatic rings. The van der Waals surface area contributed by atoms with Crippen LogP contribution in [0.15, 0.2) is 22.9 Å². The van der Waals surface area contributed by atoms with Gasteiger partial charge in [0.1, 0.15) is 10.4 Å². The van der Waals surface area contributed by atoms with Crippen LogP contribution in [0.3, 0.4) is 0 Å². The molecule has 0 aliphatic carbocycles. The van der Waals surface area contributed by atoms with Crippen molar-refractivity contribution in [2.24, 2.45) is 0 Å². The van der Waals surface area contributed by atoms with Crippen LogP contribution in [0.5, 0.6) is 5.75 Å². The van der Waals surface area contributed by atoms with Crippen LogP contribution in [-0.2, 0) is 0 Å². The molecule has 0 saturated heterocycles. The highest BCUT2D eigenvalue weighted by molar-refractivity contribution is 9.10. The van der Waals surface area contributed by atoms with Crippen LogP contribution >= 0.6 is 27.7 Å². The third-order valence-electron chi connectivity index (χ3n) is 1.40. The van der Waals surface area contributed by atoms with E-state index >= 15 is 0 Å². The van der Waals surface area contributed by atoms with E-state index in [-0.39, 0.29) is 0 Å². The van der Waals surface area contributed by atoms with E-state index in [9.17, 15) is 0 Å². The van der Waals surface area contributed by atoms with Crippen LogP contribution in [0.2, 0.25) is 0 Å². The van der Waals surface area contributed by atoms with Gasteiger partial charge in [-0.1, -0.05) is 6.92 Å². The zero-order chi connectivity index (χ0) is 9.52. The summed E-state index contributed by atoms with van der Waals surface area (Å²) in [5.41, 5.74) is 0. The van der Waals surface area contributed by atoms with Gasteiger partial charge in [0.05, 0.1) is 12.8 Å². The van der Waals surface area contributed by atoms with Gasteiger partial charge < -0.3 is 4.74 Å². The molecule has 1 aromatic heterocycles. The molecule has 0 N–H and O–H groups in total. The first-order valence-corrected chi connectivity index (χ1v) is 6.10. The summed E-state index contributed by atoms with van der Waals surface area (Å²) in [7, 11) is 0. The maximum absolute atomic E-state index is 5.46. The minimum absolute atomic E-state index is 0.752. The highest BCUT2D eigenvalue weighted by atomic mass is 79.9. The Balaban J connectivity index is 2.25. The number of hydrogen-bond acceptors (Lipinski definition) is 3. The Kier molecular flexibility index (Phi) is 5.23. The molecular formula is C9H12BrNOS. The Bertz CT molecular complexity index is 240. The second kappa shape index (κ2) is 6.27. The summed E-state index contributed by atoms with van der Waals surface area (Å²) in [5.74, 6) is 3.01. The van der Waals surface area contributed by atoms with E-state index in [0.29, 0.717) is 0 Å². The van der Waals surface area contributed by atoms with E-state index in [1.165, 1.54) is 0 Å². The molecule has 0 aliphatic rings. The van der Waals surface area contributed by atoms with E-state index in [1.54, 1.807) is 6.20 Å². The molecule has 2 nitrogen and oxygen atoms in total. The molecule has 0 aliphatic heterocycles. The Morgan fingerprint density at radius 3 is 3.00 bits per heavy atom. The number of pyridine rings is 1. The minimum atomic E-state index is 0.752. The molecule has 0 bridgehead atoms. The smallest absolute Gasteiger partial charge is 0.137 e. The Morgan fingerprint density at radius 2 is 2.38 bits per heavy atom. The monoisotopic (exact) mass is 261 g/mol. The first-order chi connectivity index (χ1) is 6.33. The predicted molar refractivity (Wildman–Crippen MR) is 60.4 cm³/mol. The van der Waals surface area contributed by atoms with Crippen LogP contribution in [0.25, 0.3) is 0 Å². The number of halogens is 1. The molecule has 13 heavy (non-hydrogen) atoms. The van der Waals surface area contributed by atoms with Crippen LogP contribution in [0.4, 0.5) is 0 Å². The number of aromatic nitrogens is 1. The van der Waals surface area contributed by atoms with Crippen LogP contribution in [-0.4, -0.2) is 23.1 Å². The van der Waals surface area contributed by atoms with Gasteiger partial charge in [-0.15, -0.1) is 0 Å². The second-order valence-electron chi connectivity index (χ2n) is 2.36. The summed E-state index contributed by atoms with van der Waals surface area (Å²) >= 11 is 5.14. The molecule has 0 radical (unpaired) electrons. The summed E-state index contributed by atoms with van der Waals surface area (Å²) in [5, 5.41) is 0. The number of thioether (sulfide) groups is 1. The van der Waals surface area contributed by atoms with Crippen molar-refractivity contribution >= 4 is 27.7 Å². The zero-order valence-electron chi connectivity index (χ0n) is 7.50. The van der Waals surface area contributed by atoms with Crippen molar-refractivity contribution < 1.29 is 4.74 Å². The summed E-state index contributed by atoms with van der Waals surface area (Å²) in [6.07, 6.45) is 1.72. The third-order valence-corrected chi connectivity index (χ3v) is 2.73. The van der Waals surface area contributed by atoms with Gasteiger partial charge >= 0.3 is 0 Å². The van der Waals surface area contributed by atoms with Crippen molar-refractivity contribution in [2.45, 2.75) is 6.92 Å². The molecule has 0 atom stereocenters. The van der Waals surface area contributed by atoms with E-state index < -0.39 is 0 Å². The average molecular weight is 262 g/mol. The molecule has 0 fully saturated rings. The van der Waals surface area contributed by atoms with Crippen molar-refractivity contribution in [3.05, 3.63) is 22.9 Å². The first kappa shape index (κ1) is 10.9. The van der Waals surface area contributed by atoms with Crippen LogP contribution < -0.4 is 4.74 Å². The van der Waals surface area contributed by atoms with Crippen LogP contribution in [0, 0.1) is 0 Å². The molecule has 1 heterocycles. The second-order valence-corrected chi connectivity index (χ2v) is 4.57. The van der Waals surface area contributed by atoms with Gasteiger partial charge in [-0.3, -0.25) is 0 Å². The summed E-state index contributed by atoms with van der Waals surface area (Å²) in [6, 6.07) is 3.79. The zero-order valence-corrected chi connectivity index (χ0v) is 9.90. The lowest BCUT2D eigenvalue weighted by atomic mass is 10.5. The Morgan fingerprint density at radius 1 is 1.54 bits per heavy atom. The topological polar surface area (TPSA) is 22.1 Å². The quantitative estimate of drug-likeness (QED) is 0.601. The minimum Gasteiger partial charge on any atom is -0.491 e. The van der Waals surface area contributed by atoms with Gasteiger partial charge in [0.2, 0.25) is 0 Å². The van der Waals surface area contributed by atoms with Gasteiger partial charge in [0, 0.05) is 5.75 Å². The van der Waals surface area contributed by atoms with Crippen LogP contribution in [0.1, 0.15) is 6.92 Å². The van der Waals surface area contributed by atoms with Crippen molar-refractivity contribution in [2.75, 3.05) is 18.1 Å². The molecule has 0 spiro atoms. The van der Waals surface area contributed by atoms with Crippen molar-refractivity contribution in [3.8, 4) is 5.75 Å². The van der Waals surface area contributed by atoms with E-state index in [1.807, 2.05) is 23.9 Å². The molecule has 72 valence electrons. The average Bonchev–Trinajstić information content (AvgIpc) is 2.15. The summed E-state index contributed by atoms with van der Waals surface area (Å²) < 4.78 is 6.29. The Labute approximate surface area is 91.2 Å². The predicted octanol–water partition coefficient (Wildman–Crippen LogP) is 2.98. The third kappa shape index (κ3) is 4.52. The number of rotatable bonds is 5. The van der Waals surface area contributed by atoms with Gasteiger partial charge in [0.15, 0.2) is 0 Å².